The number of nitrogens with two attached hydrogens (primary N) is 1. The number of rotatable bonds is 2. The Hall–Kier alpha value is -1.99. The van der Waals surface area contributed by atoms with Crippen molar-refractivity contribution in [3.8, 4) is 6.07 Å². The van der Waals surface area contributed by atoms with E-state index in [9.17, 15) is 4.39 Å². The first-order chi connectivity index (χ1) is 8.11. The van der Waals surface area contributed by atoms with Crippen molar-refractivity contribution in [3.05, 3.63) is 52.6 Å². The Morgan fingerprint density at radius 3 is 2.82 bits per heavy atom. The molecule has 3 nitrogen and oxygen atoms in total. The summed E-state index contributed by atoms with van der Waals surface area (Å²) >= 11 is 5.98. The molecule has 1 aromatic heterocycles. The quantitative estimate of drug-likeness (QED) is 0.890. The van der Waals surface area contributed by atoms with Crippen LogP contribution in [0.3, 0.4) is 0 Å². The van der Waals surface area contributed by atoms with E-state index in [-0.39, 0.29) is 5.82 Å². The lowest BCUT2D eigenvalue weighted by Gasteiger charge is -2.07. The minimum atomic E-state index is -0.322. The van der Waals surface area contributed by atoms with Gasteiger partial charge in [-0.15, -0.1) is 0 Å². The van der Waals surface area contributed by atoms with Gasteiger partial charge in [-0.25, -0.2) is 4.39 Å². The molecule has 0 atom stereocenters. The normalized spacial score (nSPS) is 10.2. The third-order valence-corrected chi connectivity index (χ3v) is 2.82. The molecule has 0 aliphatic heterocycles. The van der Waals surface area contributed by atoms with E-state index in [1.54, 1.807) is 16.7 Å². The topological polar surface area (TPSA) is 54.7 Å². The van der Waals surface area contributed by atoms with Crippen LogP contribution < -0.4 is 5.73 Å². The highest BCUT2D eigenvalue weighted by molar-refractivity contribution is 6.32. The van der Waals surface area contributed by atoms with Crippen molar-refractivity contribution in [1.29, 1.82) is 5.26 Å². The van der Waals surface area contributed by atoms with Crippen molar-refractivity contribution in [2.45, 2.75) is 6.54 Å². The van der Waals surface area contributed by atoms with Crippen LogP contribution in [0.1, 0.15) is 11.3 Å². The van der Waals surface area contributed by atoms with Gasteiger partial charge >= 0.3 is 0 Å². The van der Waals surface area contributed by atoms with Crippen LogP contribution in [0.15, 0.2) is 30.3 Å². The standard InChI is InChI=1S/C12H9ClFN3/c13-12-11(16)5-10(6-15)17(12)7-8-2-1-3-9(14)4-8/h1-5H,7,16H2. The molecule has 2 aromatic rings. The average Bonchev–Trinajstić information content (AvgIpc) is 2.57. The third kappa shape index (κ3) is 2.24. The molecule has 2 N–H and O–H groups in total. The largest absolute Gasteiger partial charge is 0.396 e. The molecule has 1 heterocycles. The number of nitriles is 1. The molecule has 0 saturated heterocycles. The first-order valence-electron chi connectivity index (χ1n) is 4.91. The van der Waals surface area contributed by atoms with Crippen LogP contribution in [0.25, 0.3) is 0 Å². The van der Waals surface area contributed by atoms with Gasteiger partial charge in [0, 0.05) is 6.54 Å². The van der Waals surface area contributed by atoms with Crippen LogP contribution in [-0.4, -0.2) is 4.57 Å². The van der Waals surface area contributed by atoms with Gasteiger partial charge in [0.1, 0.15) is 22.7 Å². The van der Waals surface area contributed by atoms with Gasteiger partial charge in [-0.3, -0.25) is 0 Å². The fourth-order valence-corrected chi connectivity index (χ4v) is 1.82. The fraction of sp³-hybridized carbons (Fsp3) is 0.0833. The van der Waals surface area contributed by atoms with E-state index in [1.165, 1.54) is 18.2 Å². The fourth-order valence-electron chi connectivity index (χ4n) is 1.61. The number of benzene rings is 1. The van der Waals surface area contributed by atoms with E-state index in [1.807, 2.05) is 6.07 Å². The highest BCUT2D eigenvalue weighted by atomic mass is 35.5. The maximum absolute atomic E-state index is 13.0. The predicted molar refractivity (Wildman–Crippen MR) is 64.1 cm³/mol. The van der Waals surface area contributed by atoms with Crippen LogP contribution in [0, 0.1) is 17.1 Å². The molecule has 17 heavy (non-hydrogen) atoms. The van der Waals surface area contributed by atoms with E-state index in [0.717, 1.165) is 5.56 Å². The van der Waals surface area contributed by atoms with Gasteiger partial charge in [0.05, 0.1) is 5.69 Å². The van der Waals surface area contributed by atoms with Gasteiger partial charge in [-0.2, -0.15) is 5.26 Å². The Balaban J connectivity index is 2.40. The lowest BCUT2D eigenvalue weighted by atomic mass is 10.2. The summed E-state index contributed by atoms with van der Waals surface area (Å²) in [5.74, 6) is -0.322. The smallest absolute Gasteiger partial charge is 0.133 e. The average molecular weight is 250 g/mol. The zero-order chi connectivity index (χ0) is 12.4. The Morgan fingerprint density at radius 2 is 2.18 bits per heavy atom. The molecule has 5 heteroatoms. The van der Waals surface area contributed by atoms with Crippen molar-refractivity contribution in [3.63, 3.8) is 0 Å². The highest BCUT2D eigenvalue weighted by Gasteiger charge is 2.11. The Morgan fingerprint density at radius 1 is 1.41 bits per heavy atom. The van der Waals surface area contributed by atoms with Crippen molar-refractivity contribution in [2.75, 3.05) is 5.73 Å². The number of nitrogens with zero attached hydrogens (tertiary/aromatic N) is 2. The molecule has 0 bridgehead atoms. The van der Waals surface area contributed by atoms with Gasteiger partial charge in [0.2, 0.25) is 0 Å². The van der Waals surface area contributed by atoms with Gasteiger partial charge in [-0.05, 0) is 23.8 Å². The molecular formula is C12H9ClFN3. The van der Waals surface area contributed by atoms with Crippen LogP contribution in [0.5, 0.6) is 0 Å². The van der Waals surface area contributed by atoms with Gasteiger partial charge in [-0.1, -0.05) is 23.7 Å². The third-order valence-electron chi connectivity index (χ3n) is 2.40. The number of nitrogen functional groups attached to an aromatic ring is 1. The van der Waals surface area contributed by atoms with E-state index in [4.69, 9.17) is 22.6 Å². The molecule has 0 fully saturated rings. The highest BCUT2D eigenvalue weighted by Crippen LogP contribution is 2.24. The maximum Gasteiger partial charge on any atom is 0.133 e. The number of halogens is 2. The molecule has 86 valence electrons. The first-order valence-corrected chi connectivity index (χ1v) is 5.28. The van der Waals surface area contributed by atoms with Gasteiger partial charge in [0.15, 0.2) is 0 Å². The van der Waals surface area contributed by atoms with Crippen molar-refractivity contribution in [2.24, 2.45) is 0 Å². The maximum atomic E-state index is 13.0. The Kier molecular flexibility index (Phi) is 3.03. The Labute approximate surface area is 103 Å². The summed E-state index contributed by atoms with van der Waals surface area (Å²) in [5, 5.41) is 9.23. The molecule has 1 aromatic carbocycles. The van der Waals surface area contributed by atoms with Crippen molar-refractivity contribution >= 4 is 17.3 Å². The predicted octanol–water partition coefficient (Wildman–Crippen LogP) is 2.78. The second kappa shape index (κ2) is 4.48. The zero-order valence-corrected chi connectivity index (χ0v) is 9.58. The van der Waals surface area contributed by atoms with Crippen LogP contribution in [0.2, 0.25) is 5.15 Å². The van der Waals surface area contributed by atoms with Crippen LogP contribution in [0.4, 0.5) is 10.1 Å². The first kappa shape index (κ1) is 11.5. The molecule has 0 saturated carbocycles. The summed E-state index contributed by atoms with van der Waals surface area (Å²) in [4.78, 5) is 0. The molecule has 0 unspecified atom stereocenters. The molecule has 0 aliphatic rings. The van der Waals surface area contributed by atoms with Crippen molar-refractivity contribution in [1.82, 2.24) is 4.57 Å². The van der Waals surface area contributed by atoms with E-state index >= 15 is 0 Å². The van der Waals surface area contributed by atoms with Crippen LogP contribution >= 0.6 is 11.6 Å². The molecule has 0 amide bonds. The second-order valence-electron chi connectivity index (χ2n) is 3.60. The van der Waals surface area contributed by atoms with E-state index < -0.39 is 0 Å². The number of hydrogen-bond acceptors (Lipinski definition) is 2. The van der Waals surface area contributed by atoms with Crippen LogP contribution in [-0.2, 0) is 6.54 Å². The zero-order valence-electron chi connectivity index (χ0n) is 8.82. The molecule has 0 radical (unpaired) electrons. The van der Waals surface area contributed by atoms with E-state index in [0.29, 0.717) is 23.1 Å². The summed E-state index contributed by atoms with van der Waals surface area (Å²) in [6, 6.07) is 9.63. The van der Waals surface area contributed by atoms with E-state index in [2.05, 4.69) is 0 Å². The summed E-state index contributed by atoms with van der Waals surface area (Å²) in [5.41, 5.74) is 7.05. The Bertz CT molecular complexity index is 598. The molecule has 0 spiro atoms. The van der Waals surface area contributed by atoms with Crippen molar-refractivity contribution < 1.29 is 4.39 Å². The number of anilines is 1. The monoisotopic (exact) mass is 249 g/mol. The number of hydrogen-bond donors (Lipinski definition) is 1. The SMILES string of the molecule is N#Cc1cc(N)c(Cl)n1Cc1cccc(F)c1. The minimum Gasteiger partial charge on any atom is -0.396 e. The summed E-state index contributed by atoms with van der Waals surface area (Å²) in [7, 11) is 0. The minimum absolute atomic E-state index is 0.297. The lowest BCUT2D eigenvalue weighted by Crippen LogP contribution is -2.02. The molecule has 0 aliphatic carbocycles. The second-order valence-corrected chi connectivity index (χ2v) is 3.96. The summed E-state index contributed by atoms with van der Waals surface area (Å²) in [6.07, 6.45) is 0. The number of aromatic nitrogens is 1. The molecule has 2 rings (SSSR count). The lowest BCUT2D eigenvalue weighted by molar-refractivity contribution is 0.623. The summed E-state index contributed by atoms with van der Waals surface area (Å²) in [6.45, 7) is 0.316. The van der Waals surface area contributed by atoms with Gasteiger partial charge < -0.3 is 10.3 Å². The van der Waals surface area contributed by atoms with Gasteiger partial charge in [0.25, 0.3) is 0 Å². The molecular weight excluding hydrogens is 241 g/mol. The summed E-state index contributed by atoms with van der Waals surface area (Å²) < 4.78 is 14.6.